The lowest BCUT2D eigenvalue weighted by atomic mass is 9.80. The number of rotatable bonds is 7. The second kappa shape index (κ2) is 23.1. The van der Waals surface area contributed by atoms with Crippen LogP contribution >= 0.6 is 34.0 Å². The summed E-state index contributed by atoms with van der Waals surface area (Å²) in [6.07, 6.45) is 0. The van der Waals surface area contributed by atoms with Crippen LogP contribution in [0.4, 0.5) is 26.3 Å². The fraction of sp³-hybridized carbons (Fsp3) is 0.0270. The summed E-state index contributed by atoms with van der Waals surface area (Å²) >= 11 is 5.39. The molecule has 462 valence electrons. The lowest BCUT2D eigenvalue weighted by Gasteiger charge is -2.14. The second-order valence-electron chi connectivity index (χ2n) is 22.2. The van der Waals surface area contributed by atoms with Gasteiger partial charge >= 0.3 is 38.4 Å². The molecule has 0 spiro atoms. The van der Waals surface area contributed by atoms with Gasteiger partial charge in [0.15, 0.2) is 0 Å². The van der Waals surface area contributed by atoms with Crippen LogP contribution in [0.2, 0.25) is 0 Å². The van der Waals surface area contributed by atoms with Gasteiger partial charge in [0.2, 0.25) is 0 Å². The van der Waals surface area contributed by atoms with Crippen LogP contribution in [0.1, 0.15) is 0 Å². The standard InChI is InChI=1S/C42H24S2.C20H10F6O6S2.C12H9BO2S/c1-2-10-30-29(9-1)37-23-25(27-13-7-15-35-33-11-3-5-17-39(33)43-41(27)35)19-21-31(37)32-22-20-26(24-38(30)32)28-14-8-16-36-34-12-4-6-18-40(34)44-42(28)36;21-19(22,23)33(27,28)31-11-5-7-15-16-8-6-12(32-34(29,30)20(24,25)26)10-18(16)14-4-2-1-3-13(14)17(15)9-11;14-13(15)10-6-3-5-9-8-4-1-2-7-11(8)16-12(9)10/h1-24H;1-10H;1-7,14-15H. The molecule has 0 aliphatic heterocycles. The molecule has 0 amide bonds. The average Bonchev–Trinajstić information content (AvgIpc) is 1.17. The smallest absolute Gasteiger partial charge is 0.423 e. The molecule has 0 aliphatic rings. The topological polar surface area (TPSA) is 127 Å². The molecule has 2 N–H and O–H groups in total. The summed E-state index contributed by atoms with van der Waals surface area (Å²) in [6, 6.07) is 80.8. The molecule has 0 radical (unpaired) electrons. The molecule has 0 fully saturated rings. The van der Waals surface area contributed by atoms with Gasteiger partial charge in [-0.1, -0.05) is 182 Å². The Kier molecular flexibility index (Phi) is 14.9. The van der Waals surface area contributed by atoms with Crippen LogP contribution in [0.3, 0.4) is 0 Å². The van der Waals surface area contributed by atoms with Crippen LogP contribution in [0.5, 0.6) is 11.5 Å². The van der Waals surface area contributed by atoms with E-state index in [4.69, 9.17) is 0 Å². The highest BCUT2D eigenvalue weighted by Gasteiger charge is 2.49. The fourth-order valence-corrected chi connectivity index (χ4v) is 17.2. The van der Waals surface area contributed by atoms with Crippen molar-refractivity contribution in [3.8, 4) is 33.8 Å². The Morgan fingerprint density at radius 3 is 0.947 bits per heavy atom. The second-order valence-corrected chi connectivity index (χ2v) is 28.5. The Labute approximate surface area is 543 Å². The molecular weight excluding hydrogens is 1300 g/mol. The number of fused-ring (bicyclic) bond motifs is 21. The molecule has 8 nitrogen and oxygen atoms in total. The summed E-state index contributed by atoms with van der Waals surface area (Å²) in [6.45, 7) is 0. The molecule has 0 saturated heterocycles. The van der Waals surface area contributed by atoms with E-state index in [1.54, 1.807) is 41.7 Å². The minimum Gasteiger partial charge on any atom is -0.423 e. The predicted molar refractivity (Wildman–Crippen MR) is 375 cm³/mol. The number of thiophene rings is 3. The molecule has 14 aromatic carbocycles. The molecule has 94 heavy (non-hydrogen) atoms. The van der Waals surface area contributed by atoms with Crippen LogP contribution < -0.4 is 13.8 Å². The van der Waals surface area contributed by atoms with Crippen molar-refractivity contribution in [2.75, 3.05) is 0 Å². The van der Waals surface area contributed by atoms with Gasteiger partial charge in [-0.15, -0.1) is 34.0 Å². The molecule has 3 aromatic heterocycles. The molecule has 20 heteroatoms. The highest BCUT2D eigenvalue weighted by Crippen LogP contribution is 2.46. The monoisotopic (exact) mass is 1340 g/mol. The average molecular weight is 1350 g/mol. The highest BCUT2D eigenvalue weighted by atomic mass is 32.2. The van der Waals surface area contributed by atoms with Gasteiger partial charge in [0.25, 0.3) is 0 Å². The van der Waals surface area contributed by atoms with E-state index in [-0.39, 0.29) is 10.8 Å². The van der Waals surface area contributed by atoms with Gasteiger partial charge in [-0.3, -0.25) is 0 Å². The van der Waals surface area contributed by atoms with E-state index >= 15 is 0 Å². The van der Waals surface area contributed by atoms with E-state index < -0.39 is 49.9 Å². The fourth-order valence-electron chi connectivity index (χ4n) is 12.6. The zero-order chi connectivity index (χ0) is 65.0. The first kappa shape index (κ1) is 60.6. The third kappa shape index (κ3) is 10.5. The summed E-state index contributed by atoms with van der Waals surface area (Å²) in [5.74, 6) is -1.21. The SMILES string of the molecule is O=S(=O)(Oc1ccc2c3ccc(OS(=O)(=O)C(F)(F)F)cc3c3ccccc3c2c1)C(F)(F)F.OB(O)c1cccc2c1sc1ccccc12.c1ccc2c(c1)sc1c(-c3ccc4c5ccc(-c6cccc7c6sc6ccccc67)cc5c5ccccc5c4c3)cccc12. The summed E-state index contributed by atoms with van der Waals surface area (Å²) < 4.78 is 137. The van der Waals surface area contributed by atoms with Gasteiger partial charge < -0.3 is 18.4 Å². The van der Waals surface area contributed by atoms with Gasteiger partial charge in [-0.25, -0.2) is 0 Å². The number of benzene rings is 14. The Morgan fingerprint density at radius 2 is 0.585 bits per heavy atom. The normalized spacial score (nSPS) is 12.4. The summed E-state index contributed by atoms with van der Waals surface area (Å²) in [5.41, 5.74) is -5.54. The van der Waals surface area contributed by atoms with Gasteiger partial charge in [0.05, 0.1) is 0 Å². The molecular formula is C74H43BF6O8S5. The number of hydrogen-bond acceptors (Lipinski definition) is 11. The Bertz CT molecular complexity index is 5850. The van der Waals surface area contributed by atoms with E-state index in [2.05, 4.69) is 160 Å². The molecule has 3 heterocycles. The van der Waals surface area contributed by atoms with Crippen molar-refractivity contribution in [1.29, 1.82) is 0 Å². The molecule has 17 rings (SSSR count). The van der Waals surface area contributed by atoms with E-state index in [1.807, 2.05) is 53.0 Å². The van der Waals surface area contributed by atoms with Crippen molar-refractivity contribution in [3.05, 3.63) is 249 Å². The Balaban J connectivity index is 0.000000129. The third-order valence-electron chi connectivity index (χ3n) is 16.7. The molecule has 0 unspecified atom stereocenters. The minimum atomic E-state index is -5.92. The highest BCUT2D eigenvalue weighted by molar-refractivity contribution is 7.88. The van der Waals surface area contributed by atoms with Crippen molar-refractivity contribution < 1.29 is 61.6 Å². The van der Waals surface area contributed by atoms with Crippen LogP contribution in [-0.2, 0) is 20.2 Å². The van der Waals surface area contributed by atoms with Gasteiger partial charge in [-0.05, 0) is 164 Å². The van der Waals surface area contributed by atoms with E-state index in [1.165, 1.54) is 117 Å². The largest absolute Gasteiger partial charge is 0.534 e. The van der Waals surface area contributed by atoms with Gasteiger partial charge in [0, 0.05) is 55.1 Å². The van der Waals surface area contributed by atoms with E-state index in [9.17, 15) is 53.2 Å². The molecule has 17 aromatic rings. The predicted octanol–water partition coefficient (Wildman–Crippen LogP) is 20.6. The van der Waals surface area contributed by atoms with Gasteiger partial charge in [-0.2, -0.15) is 43.2 Å². The first-order valence-electron chi connectivity index (χ1n) is 29.1. The lowest BCUT2D eigenvalue weighted by Crippen LogP contribution is -2.29. The Hall–Kier alpha value is -9.64. The van der Waals surface area contributed by atoms with Crippen LogP contribution in [0.15, 0.2) is 249 Å². The quantitative estimate of drug-likeness (QED) is 0.0531. The van der Waals surface area contributed by atoms with Crippen molar-refractivity contribution in [2.45, 2.75) is 11.0 Å². The molecule has 0 atom stereocenters. The van der Waals surface area contributed by atoms with Crippen molar-refractivity contribution in [1.82, 2.24) is 0 Å². The van der Waals surface area contributed by atoms with Crippen LogP contribution in [-0.4, -0.2) is 45.0 Å². The zero-order valence-corrected chi connectivity index (χ0v) is 52.5. The van der Waals surface area contributed by atoms with Crippen molar-refractivity contribution in [2.24, 2.45) is 0 Å². The zero-order valence-electron chi connectivity index (χ0n) is 48.4. The Morgan fingerprint density at radius 1 is 0.298 bits per heavy atom. The summed E-state index contributed by atoms with van der Waals surface area (Å²) in [7, 11) is -13.2. The first-order chi connectivity index (χ1) is 45.2. The van der Waals surface area contributed by atoms with Crippen LogP contribution in [0.25, 0.3) is 147 Å². The molecule has 0 bridgehead atoms. The maximum Gasteiger partial charge on any atom is 0.534 e. The van der Waals surface area contributed by atoms with Gasteiger partial charge in [0.1, 0.15) is 11.5 Å². The van der Waals surface area contributed by atoms with E-state index in [0.29, 0.717) is 27.0 Å². The number of halogens is 6. The minimum absolute atomic E-state index is 0.287. The summed E-state index contributed by atoms with van der Waals surface area (Å²) in [5, 5.41) is 36.2. The molecule has 0 aliphatic carbocycles. The number of alkyl halides is 6. The van der Waals surface area contributed by atoms with Crippen LogP contribution in [0, 0.1) is 0 Å². The van der Waals surface area contributed by atoms with Crippen molar-refractivity contribution >= 4 is 192 Å². The summed E-state index contributed by atoms with van der Waals surface area (Å²) in [4.78, 5) is 0. The van der Waals surface area contributed by atoms with E-state index in [0.717, 1.165) is 34.4 Å². The maximum absolute atomic E-state index is 12.7. The molecule has 0 saturated carbocycles. The third-order valence-corrected chi connectivity index (χ3v) is 22.4. The first-order valence-corrected chi connectivity index (χ1v) is 34.3. The lowest BCUT2D eigenvalue weighted by molar-refractivity contribution is -0.0504. The van der Waals surface area contributed by atoms with Crippen molar-refractivity contribution in [3.63, 3.8) is 0 Å². The number of hydrogen-bond donors (Lipinski definition) is 2. The maximum atomic E-state index is 12.7.